The van der Waals surface area contributed by atoms with Crippen molar-refractivity contribution in [3.8, 4) is 72.7 Å². The van der Waals surface area contributed by atoms with Crippen LogP contribution in [-0.2, 0) is 5.41 Å². The van der Waals surface area contributed by atoms with E-state index in [2.05, 4.69) is 280 Å². The number of pyridine rings is 2. The summed E-state index contributed by atoms with van der Waals surface area (Å²) in [5.41, 5.74) is 17.8. The van der Waals surface area contributed by atoms with Crippen LogP contribution >= 0.6 is 0 Å². The SMILES string of the molecule is CC(C)(C)c1ccc2c3c(-c4cccc(-c5ccc(-c6ccc7c(-c8cccc9ccccc89)c8ccccc8c(-c8ccc(-c9ccccc9)cc8)c7c6)cc5)n4)cccc3n(-c3cccc4ccccc34)c2n1. The quantitative estimate of drug-likeness (QED) is 0.149. The van der Waals surface area contributed by atoms with Gasteiger partial charge in [-0.2, -0.15) is 0 Å². The monoisotopic (exact) mass is 957 g/mol. The molecule has 0 spiro atoms. The summed E-state index contributed by atoms with van der Waals surface area (Å²) in [6, 6.07) is 92.8. The highest BCUT2D eigenvalue weighted by atomic mass is 15.1. The van der Waals surface area contributed by atoms with Crippen molar-refractivity contribution in [3.05, 3.63) is 260 Å². The highest BCUT2D eigenvalue weighted by Gasteiger charge is 2.24. The Morgan fingerprint density at radius 1 is 0.320 bits per heavy atom. The Morgan fingerprint density at radius 3 is 1.60 bits per heavy atom. The van der Waals surface area contributed by atoms with Crippen molar-refractivity contribution in [2.24, 2.45) is 0 Å². The van der Waals surface area contributed by atoms with Gasteiger partial charge in [0.15, 0.2) is 0 Å². The van der Waals surface area contributed by atoms with Crippen LogP contribution in [0.2, 0.25) is 0 Å². The molecular weight excluding hydrogens is 907 g/mol. The standard InChI is InChI=1S/C72H51N3/c1-72(2,3)67-44-43-61-70-60(28-15-32-66(70)75(71(61)74-67)65-31-14-22-50-20-8-10-24-55(50)65)64-30-16-29-63(73-64)51-37-33-48(34-38-51)53-41-42-59-62(45-53)68(52-39-35-47(36-40-52)46-17-5-4-6-18-46)57-25-11-12-26-58(57)69(59)56-27-13-21-49-19-7-9-23-54(49)56/h4-45H,1-3H3. The number of hydrogen-bond acceptors (Lipinski definition) is 2. The fraction of sp³-hybridized carbons (Fsp3) is 0.0556. The maximum atomic E-state index is 5.44. The first-order valence-corrected chi connectivity index (χ1v) is 26.0. The highest BCUT2D eigenvalue weighted by molar-refractivity contribution is 6.24. The van der Waals surface area contributed by atoms with Gasteiger partial charge in [-0.05, 0) is 125 Å². The maximum absolute atomic E-state index is 5.44. The lowest BCUT2D eigenvalue weighted by molar-refractivity contribution is 0.571. The molecule has 0 aliphatic heterocycles. The lowest BCUT2D eigenvalue weighted by Crippen LogP contribution is -2.13. The molecule has 0 unspecified atom stereocenters. The Balaban J connectivity index is 0.893. The Labute approximate surface area is 436 Å². The van der Waals surface area contributed by atoms with Gasteiger partial charge in [0.25, 0.3) is 0 Å². The zero-order chi connectivity index (χ0) is 50.2. The van der Waals surface area contributed by atoms with Crippen LogP contribution in [0.15, 0.2) is 255 Å². The summed E-state index contributed by atoms with van der Waals surface area (Å²) in [7, 11) is 0. The lowest BCUT2D eigenvalue weighted by Gasteiger charge is -2.20. The predicted octanol–water partition coefficient (Wildman–Crippen LogP) is 19.5. The summed E-state index contributed by atoms with van der Waals surface area (Å²) in [4.78, 5) is 10.9. The van der Waals surface area contributed by atoms with Crippen LogP contribution in [0.1, 0.15) is 26.5 Å². The van der Waals surface area contributed by atoms with Gasteiger partial charge in [-0.25, -0.2) is 9.97 Å². The molecule has 0 radical (unpaired) electrons. The van der Waals surface area contributed by atoms with Crippen molar-refractivity contribution < 1.29 is 0 Å². The van der Waals surface area contributed by atoms with Gasteiger partial charge in [0.05, 0.1) is 22.6 Å². The third-order valence-corrected chi connectivity index (χ3v) is 15.3. The second-order valence-electron chi connectivity index (χ2n) is 20.9. The first-order valence-electron chi connectivity index (χ1n) is 26.0. The average Bonchev–Trinajstić information content (AvgIpc) is 3.80. The molecule has 0 aliphatic carbocycles. The molecule has 0 aliphatic rings. The fourth-order valence-corrected chi connectivity index (χ4v) is 11.7. The zero-order valence-corrected chi connectivity index (χ0v) is 42.1. The van der Waals surface area contributed by atoms with Gasteiger partial charge in [-0.3, -0.25) is 4.57 Å². The molecule has 0 bridgehead atoms. The van der Waals surface area contributed by atoms with Crippen LogP contribution in [0.3, 0.4) is 0 Å². The van der Waals surface area contributed by atoms with E-state index in [1.165, 1.54) is 76.5 Å². The van der Waals surface area contributed by atoms with E-state index in [-0.39, 0.29) is 5.41 Å². The van der Waals surface area contributed by atoms with E-state index in [4.69, 9.17) is 9.97 Å². The largest absolute Gasteiger partial charge is 0.293 e. The third-order valence-electron chi connectivity index (χ3n) is 15.3. The second-order valence-corrected chi connectivity index (χ2v) is 20.9. The summed E-state index contributed by atoms with van der Waals surface area (Å²) in [5.74, 6) is 0. The first-order chi connectivity index (χ1) is 36.8. The summed E-state index contributed by atoms with van der Waals surface area (Å²) in [6.45, 7) is 6.69. The molecule has 14 rings (SSSR count). The molecule has 3 aromatic heterocycles. The van der Waals surface area contributed by atoms with Crippen LogP contribution < -0.4 is 0 Å². The Morgan fingerprint density at radius 2 is 0.840 bits per heavy atom. The Kier molecular flexibility index (Phi) is 10.4. The number of aromatic nitrogens is 3. The van der Waals surface area contributed by atoms with E-state index in [9.17, 15) is 0 Å². The fourth-order valence-electron chi connectivity index (χ4n) is 11.7. The van der Waals surface area contributed by atoms with Gasteiger partial charge < -0.3 is 0 Å². The molecule has 0 fully saturated rings. The Bertz CT molecular complexity index is 4530. The smallest absolute Gasteiger partial charge is 0.145 e. The van der Waals surface area contributed by atoms with Crippen LogP contribution in [0.25, 0.3) is 138 Å². The Hall–Kier alpha value is -9.44. The molecule has 3 heteroatoms. The number of hydrogen-bond donors (Lipinski definition) is 0. The van der Waals surface area contributed by atoms with E-state index < -0.39 is 0 Å². The van der Waals surface area contributed by atoms with Crippen molar-refractivity contribution in [1.29, 1.82) is 0 Å². The summed E-state index contributed by atoms with van der Waals surface area (Å²) in [5, 5.41) is 12.1. The van der Waals surface area contributed by atoms with Crippen molar-refractivity contribution in [2.75, 3.05) is 0 Å². The highest BCUT2D eigenvalue weighted by Crippen LogP contribution is 2.47. The maximum Gasteiger partial charge on any atom is 0.145 e. The number of nitrogens with zero attached hydrogens (tertiary/aromatic N) is 3. The van der Waals surface area contributed by atoms with Crippen LogP contribution in [0, 0.1) is 0 Å². The van der Waals surface area contributed by atoms with Crippen molar-refractivity contribution in [3.63, 3.8) is 0 Å². The molecular formula is C72H51N3. The minimum Gasteiger partial charge on any atom is -0.293 e. The first kappa shape index (κ1) is 44.3. The van der Waals surface area contributed by atoms with Gasteiger partial charge in [0.2, 0.25) is 0 Å². The molecule has 11 aromatic carbocycles. The van der Waals surface area contributed by atoms with E-state index in [1.54, 1.807) is 0 Å². The summed E-state index contributed by atoms with van der Waals surface area (Å²) < 4.78 is 2.36. The average molecular weight is 958 g/mol. The van der Waals surface area contributed by atoms with Gasteiger partial charge in [-0.1, -0.05) is 233 Å². The van der Waals surface area contributed by atoms with Gasteiger partial charge in [0, 0.05) is 38.4 Å². The second kappa shape index (κ2) is 17.7. The molecule has 0 N–H and O–H groups in total. The molecule has 0 amide bonds. The molecule has 14 aromatic rings. The number of rotatable bonds is 7. The molecule has 75 heavy (non-hydrogen) atoms. The van der Waals surface area contributed by atoms with E-state index in [0.717, 1.165) is 67.0 Å². The number of benzene rings is 11. The van der Waals surface area contributed by atoms with Crippen molar-refractivity contribution >= 4 is 65.0 Å². The minimum atomic E-state index is -0.119. The molecule has 354 valence electrons. The van der Waals surface area contributed by atoms with E-state index in [0.29, 0.717) is 0 Å². The molecule has 0 saturated heterocycles. The molecule has 0 atom stereocenters. The van der Waals surface area contributed by atoms with Crippen molar-refractivity contribution in [2.45, 2.75) is 26.2 Å². The minimum absolute atomic E-state index is 0.119. The third kappa shape index (κ3) is 7.50. The van der Waals surface area contributed by atoms with Crippen LogP contribution in [0.5, 0.6) is 0 Å². The van der Waals surface area contributed by atoms with Gasteiger partial charge >= 0.3 is 0 Å². The van der Waals surface area contributed by atoms with E-state index in [1.807, 2.05) is 0 Å². The summed E-state index contributed by atoms with van der Waals surface area (Å²) in [6.07, 6.45) is 0. The molecule has 3 nitrogen and oxygen atoms in total. The van der Waals surface area contributed by atoms with Gasteiger partial charge in [-0.15, -0.1) is 0 Å². The van der Waals surface area contributed by atoms with Crippen molar-refractivity contribution in [1.82, 2.24) is 14.5 Å². The molecule has 3 heterocycles. The number of fused-ring (bicyclic) bond motifs is 7. The summed E-state index contributed by atoms with van der Waals surface area (Å²) >= 11 is 0. The predicted molar refractivity (Wildman–Crippen MR) is 318 cm³/mol. The van der Waals surface area contributed by atoms with Crippen LogP contribution in [-0.4, -0.2) is 14.5 Å². The topological polar surface area (TPSA) is 30.7 Å². The van der Waals surface area contributed by atoms with Crippen LogP contribution in [0.4, 0.5) is 0 Å². The molecule has 0 saturated carbocycles. The zero-order valence-electron chi connectivity index (χ0n) is 42.1. The normalized spacial score (nSPS) is 11.9. The van der Waals surface area contributed by atoms with E-state index >= 15 is 0 Å². The lowest BCUT2D eigenvalue weighted by atomic mass is 9.83. The van der Waals surface area contributed by atoms with Gasteiger partial charge in [0.1, 0.15) is 5.65 Å².